The van der Waals surface area contributed by atoms with Gasteiger partial charge in [0.05, 0.1) is 0 Å². The van der Waals surface area contributed by atoms with E-state index in [1.807, 2.05) is 7.05 Å². The van der Waals surface area contributed by atoms with Crippen LogP contribution in [0.1, 0.15) is 26.2 Å². The van der Waals surface area contributed by atoms with Gasteiger partial charge in [0.15, 0.2) is 0 Å². The Morgan fingerprint density at radius 3 is 2.83 bits per heavy atom. The van der Waals surface area contributed by atoms with Gasteiger partial charge in [0.1, 0.15) is 0 Å². The summed E-state index contributed by atoms with van der Waals surface area (Å²) in [5.74, 6) is 0.742. The van der Waals surface area contributed by atoms with Crippen molar-refractivity contribution in [3.8, 4) is 0 Å². The summed E-state index contributed by atoms with van der Waals surface area (Å²) >= 11 is 0. The highest BCUT2D eigenvalue weighted by Crippen LogP contribution is 1.98. The number of tetrazole rings is 1. The van der Waals surface area contributed by atoms with E-state index < -0.39 is 0 Å². The number of anilines is 1. The van der Waals surface area contributed by atoms with Gasteiger partial charge in [-0.25, -0.2) is 4.68 Å². The zero-order valence-electron chi connectivity index (χ0n) is 7.62. The molecule has 5 heteroatoms. The van der Waals surface area contributed by atoms with E-state index in [9.17, 15) is 0 Å². The first-order valence-electron chi connectivity index (χ1n) is 4.31. The molecular weight excluding hydrogens is 154 g/mol. The molecule has 0 bridgehead atoms. The monoisotopic (exact) mass is 169 g/mol. The van der Waals surface area contributed by atoms with Crippen molar-refractivity contribution in [3.63, 3.8) is 0 Å². The minimum atomic E-state index is 0.742. The van der Waals surface area contributed by atoms with Gasteiger partial charge >= 0.3 is 0 Å². The van der Waals surface area contributed by atoms with Crippen LogP contribution < -0.4 is 5.32 Å². The van der Waals surface area contributed by atoms with Crippen molar-refractivity contribution in [2.24, 2.45) is 7.05 Å². The summed E-state index contributed by atoms with van der Waals surface area (Å²) in [5, 5.41) is 14.2. The van der Waals surface area contributed by atoms with E-state index in [4.69, 9.17) is 0 Å². The molecule has 0 amide bonds. The molecule has 0 saturated heterocycles. The summed E-state index contributed by atoms with van der Waals surface area (Å²) in [5.41, 5.74) is 0. The number of nitrogens with one attached hydrogen (secondary N) is 1. The van der Waals surface area contributed by atoms with E-state index in [2.05, 4.69) is 27.8 Å². The van der Waals surface area contributed by atoms with E-state index in [0.717, 1.165) is 12.5 Å². The molecule has 0 aromatic carbocycles. The molecule has 0 aliphatic rings. The largest absolute Gasteiger partial charge is 0.353 e. The first-order chi connectivity index (χ1) is 5.84. The smallest absolute Gasteiger partial charge is 0.242 e. The first-order valence-corrected chi connectivity index (χ1v) is 4.31. The lowest BCUT2D eigenvalue weighted by molar-refractivity contribution is 0.703. The first kappa shape index (κ1) is 8.96. The van der Waals surface area contributed by atoms with Gasteiger partial charge < -0.3 is 5.32 Å². The third kappa shape index (κ3) is 2.48. The molecule has 0 spiro atoms. The van der Waals surface area contributed by atoms with Crippen molar-refractivity contribution in [2.75, 3.05) is 11.9 Å². The lowest BCUT2D eigenvalue weighted by Crippen LogP contribution is -2.07. The summed E-state index contributed by atoms with van der Waals surface area (Å²) in [6.45, 7) is 3.13. The second-order valence-corrected chi connectivity index (χ2v) is 2.76. The second-order valence-electron chi connectivity index (χ2n) is 2.76. The average molecular weight is 169 g/mol. The minimum absolute atomic E-state index is 0.742. The maximum absolute atomic E-state index is 3.80. The van der Waals surface area contributed by atoms with Crippen LogP contribution in [-0.4, -0.2) is 26.8 Å². The van der Waals surface area contributed by atoms with Crippen molar-refractivity contribution in [2.45, 2.75) is 26.2 Å². The quantitative estimate of drug-likeness (QED) is 0.663. The predicted molar refractivity (Wildman–Crippen MR) is 46.8 cm³/mol. The van der Waals surface area contributed by atoms with Crippen LogP contribution in [0.25, 0.3) is 0 Å². The maximum atomic E-state index is 3.80. The van der Waals surface area contributed by atoms with Crippen LogP contribution in [0.3, 0.4) is 0 Å². The number of hydrogen-bond acceptors (Lipinski definition) is 4. The Morgan fingerprint density at radius 1 is 1.42 bits per heavy atom. The number of rotatable bonds is 5. The van der Waals surface area contributed by atoms with Crippen LogP contribution in [0, 0.1) is 0 Å². The molecule has 1 N–H and O–H groups in total. The molecule has 0 aliphatic heterocycles. The predicted octanol–water partition coefficient (Wildman–Crippen LogP) is 0.812. The number of nitrogens with zero attached hydrogens (tertiary/aromatic N) is 4. The fraction of sp³-hybridized carbons (Fsp3) is 0.857. The lowest BCUT2D eigenvalue weighted by atomic mass is 10.2. The van der Waals surface area contributed by atoms with Crippen molar-refractivity contribution in [3.05, 3.63) is 0 Å². The van der Waals surface area contributed by atoms with E-state index >= 15 is 0 Å². The van der Waals surface area contributed by atoms with Crippen molar-refractivity contribution in [1.29, 1.82) is 0 Å². The highest BCUT2D eigenvalue weighted by atomic mass is 15.6. The number of aromatic nitrogens is 4. The molecule has 68 valence electrons. The summed E-state index contributed by atoms with van der Waals surface area (Å²) in [6.07, 6.45) is 3.65. The number of aryl methyl sites for hydroxylation is 1. The average Bonchev–Trinajstić information content (AvgIpc) is 2.46. The summed E-state index contributed by atoms with van der Waals surface area (Å²) < 4.78 is 1.63. The Labute approximate surface area is 72.2 Å². The Balaban J connectivity index is 2.20. The van der Waals surface area contributed by atoms with Gasteiger partial charge in [0, 0.05) is 13.6 Å². The van der Waals surface area contributed by atoms with Crippen LogP contribution in [0.15, 0.2) is 0 Å². The van der Waals surface area contributed by atoms with Crippen LogP contribution >= 0.6 is 0 Å². The second kappa shape index (κ2) is 4.69. The molecule has 1 aromatic heterocycles. The zero-order valence-corrected chi connectivity index (χ0v) is 7.62. The molecule has 0 aliphatic carbocycles. The van der Waals surface area contributed by atoms with Gasteiger partial charge in [-0.2, -0.15) is 0 Å². The highest BCUT2D eigenvalue weighted by molar-refractivity contribution is 5.20. The fourth-order valence-electron chi connectivity index (χ4n) is 0.954. The van der Waals surface area contributed by atoms with Gasteiger partial charge in [0.2, 0.25) is 5.95 Å². The van der Waals surface area contributed by atoms with Crippen LogP contribution in [0.5, 0.6) is 0 Å². The molecule has 1 rings (SSSR count). The Kier molecular flexibility index (Phi) is 3.50. The lowest BCUT2D eigenvalue weighted by Gasteiger charge is -2.01. The molecule has 5 nitrogen and oxygen atoms in total. The van der Waals surface area contributed by atoms with Crippen molar-refractivity contribution < 1.29 is 0 Å². The molecule has 0 atom stereocenters. The number of hydrogen-bond donors (Lipinski definition) is 1. The van der Waals surface area contributed by atoms with E-state index in [-0.39, 0.29) is 0 Å². The zero-order chi connectivity index (χ0) is 8.81. The van der Waals surface area contributed by atoms with Gasteiger partial charge in [-0.15, -0.1) is 0 Å². The summed E-state index contributed by atoms with van der Waals surface area (Å²) in [7, 11) is 1.82. The topological polar surface area (TPSA) is 55.6 Å². The molecule has 0 fully saturated rings. The SMILES string of the molecule is CCCCCNc1nnnn1C. The van der Waals surface area contributed by atoms with Gasteiger partial charge in [0.25, 0.3) is 0 Å². The van der Waals surface area contributed by atoms with Crippen molar-refractivity contribution in [1.82, 2.24) is 20.2 Å². The van der Waals surface area contributed by atoms with Crippen LogP contribution in [-0.2, 0) is 7.05 Å². The highest BCUT2D eigenvalue weighted by Gasteiger charge is 1.98. The standard InChI is InChI=1S/C7H15N5/c1-3-4-5-6-8-7-9-10-11-12(7)2/h3-6H2,1-2H3,(H,8,9,11). The maximum Gasteiger partial charge on any atom is 0.242 e. The van der Waals surface area contributed by atoms with Gasteiger partial charge in [-0.1, -0.05) is 24.9 Å². The Hall–Kier alpha value is -1.13. The third-order valence-electron chi connectivity index (χ3n) is 1.68. The van der Waals surface area contributed by atoms with E-state index in [0.29, 0.717) is 0 Å². The van der Waals surface area contributed by atoms with Crippen LogP contribution in [0.4, 0.5) is 5.95 Å². The molecule has 0 saturated carbocycles. The molecule has 12 heavy (non-hydrogen) atoms. The minimum Gasteiger partial charge on any atom is -0.353 e. The van der Waals surface area contributed by atoms with E-state index in [1.54, 1.807) is 4.68 Å². The molecule has 1 aromatic rings. The Morgan fingerprint density at radius 2 is 2.25 bits per heavy atom. The Bertz CT molecular complexity index is 219. The van der Waals surface area contributed by atoms with Crippen molar-refractivity contribution >= 4 is 5.95 Å². The molecular formula is C7H15N5. The van der Waals surface area contributed by atoms with E-state index in [1.165, 1.54) is 19.3 Å². The molecule has 1 heterocycles. The van der Waals surface area contributed by atoms with Gasteiger partial charge in [-0.05, 0) is 16.8 Å². The van der Waals surface area contributed by atoms with Crippen LogP contribution in [0.2, 0.25) is 0 Å². The molecule has 0 unspecified atom stereocenters. The summed E-state index contributed by atoms with van der Waals surface area (Å²) in [4.78, 5) is 0. The fourth-order valence-corrected chi connectivity index (χ4v) is 0.954. The van der Waals surface area contributed by atoms with Gasteiger partial charge in [-0.3, -0.25) is 0 Å². The number of unbranched alkanes of at least 4 members (excludes halogenated alkanes) is 2. The normalized spacial score (nSPS) is 10.2. The molecule has 0 radical (unpaired) electrons. The summed E-state index contributed by atoms with van der Waals surface area (Å²) in [6, 6.07) is 0. The third-order valence-corrected chi connectivity index (χ3v) is 1.68.